The van der Waals surface area contributed by atoms with Crippen LogP contribution < -0.4 is 0 Å². The molecule has 134 valence electrons. The summed E-state index contributed by atoms with van der Waals surface area (Å²) in [5, 5.41) is 3.71. The van der Waals surface area contributed by atoms with Crippen molar-refractivity contribution < 1.29 is 30.4 Å². The Morgan fingerprint density at radius 3 is 2.00 bits per heavy atom. The fourth-order valence-electron chi connectivity index (χ4n) is 1.89. The van der Waals surface area contributed by atoms with E-state index in [1.807, 2.05) is 0 Å². The molecule has 0 radical (unpaired) electrons. The van der Waals surface area contributed by atoms with E-state index in [0.29, 0.717) is 11.3 Å². The number of hydrogen-bond acceptors (Lipinski definition) is 5. The summed E-state index contributed by atoms with van der Waals surface area (Å²) < 4.78 is 92.6. The summed E-state index contributed by atoms with van der Waals surface area (Å²) in [6, 6.07) is 0. The molecule has 6 nitrogen and oxygen atoms in total. The number of fused-ring (bicyclic) bond motifs is 1. The summed E-state index contributed by atoms with van der Waals surface area (Å²) in [7, 11) is -1.30. The van der Waals surface area contributed by atoms with Crippen molar-refractivity contribution >= 4 is 26.3 Å². The van der Waals surface area contributed by atoms with E-state index in [2.05, 4.69) is 10.1 Å². The van der Waals surface area contributed by atoms with Gasteiger partial charge in [-0.2, -0.15) is 0 Å². The number of halogens is 5. The van der Waals surface area contributed by atoms with Crippen molar-refractivity contribution in [3.8, 4) is 11.3 Å². The molecule has 0 bridgehead atoms. The van der Waals surface area contributed by atoms with Crippen LogP contribution in [-0.2, 0) is 10.0 Å². The number of benzene rings is 1. The molecule has 0 fully saturated rings. The highest BCUT2D eigenvalue weighted by molar-refractivity contribution is 7.91. The molecule has 0 unspecified atom stereocenters. The van der Waals surface area contributed by atoms with Gasteiger partial charge in [-0.3, -0.25) is 0 Å². The van der Waals surface area contributed by atoms with Crippen LogP contribution in [0.3, 0.4) is 0 Å². The summed E-state index contributed by atoms with van der Waals surface area (Å²) in [5.41, 5.74) is -1.79. The van der Waals surface area contributed by atoms with E-state index in [4.69, 9.17) is 0 Å². The first kappa shape index (κ1) is 17.7. The summed E-state index contributed by atoms with van der Waals surface area (Å²) in [6.07, 6.45) is 0.874. The second-order valence-electron chi connectivity index (χ2n) is 4.95. The maximum Gasteiger partial charge on any atom is 0.271 e. The molecule has 0 atom stereocenters. The number of imidazole rings is 1. The zero-order valence-corrected chi connectivity index (χ0v) is 14.0. The molecule has 2 aromatic heterocycles. The van der Waals surface area contributed by atoms with Crippen LogP contribution >= 0.6 is 11.3 Å². The third-order valence-corrected chi connectivity index (χ3v) is 6.28. The van der Waals surface area contributed by atoms with Gasteiger partial charge in [0.2, 0.25) is 15.1 Å². The number of nitrogens with zero attached hydrogens (tertiary/aromatic N) is 4. The van der Waals surface area contributed by atoms with Gasteiger partial charge in [0.1, 0.15) is 0 Å². The van der Waals surface area contributed by atoms with Crippen LogP contribution in [0, 0.1) is 29.1 Å². The molecule has 3 rings (SSSR count). The fraction of sp³-hybridized carbons (Fsp3) is 0.167. The first-order valence-electron chi connectivity index (χ1n) is 6.36. The normalized spacial score (nSPS) is 12.5. The van der Waals surface area contributed by atoms with E-state index in [1.165, 1.54) is 14.1 Å². The monoisotopic (exact) mass is 398 g/mol. The lowest BCUT2D eigenvalue weighted by molar-refractivity contribution is 0.381. The van der Waals surface area contributed by atoms with Crippen LogP contribution in [0.15, 0.2) is 10.5 Å². The Bertz CT molecular complexity index is 1050. The van der Waals surface area contributed by atoms with Crippen molar-refractivity contribution in [2.24, 2.45) is 0 Å². The van der Waals surface area contributed by atoms with Crippen molar-refractivity contribution in [3.05, 3.63) is 35.3 Å². The molecule has 13 heteroatoms. The van der Waals surface area contributed by atoms with Crippen LogP contribution in [0.2, 0.25) is 0 Å². The molecule has 0 aliphatic carbocycles. The minimum absolute atomic E-state index is 0.0978. The molecule has 0 N–H and O–H groups in total. The Kier molecular flexibility index (Phi) is 4.04. The van der Waals surface area contributed by atoms with E-state index < -0.39 is 50.4 Å². The van der Waals surface area contributed by atoms with Crippen LogP contribution in [-0.4, -0.2) is 41.4 Å². The lowest BCUT2D eigenvalue weighted by Gasteiger charge is -2.06. The highest BCUT2D eigenvalue weighted by Gasteiger charge is 2.29. The third-order valence-electron chi connectivity index (χ3n) is 3.19. The molecule has 25 heavy (non-hydrogen) atoms. The average molecular weight is 398 g/mol. The second kappa shape index (κ2) is 5.71. The van der Waals surface area contributed by atoms with E-state index in [-0.39, 0.29) is 9.30 Å². The van der Waals surface area contributed by atoms with E-state index in [9.17, 15) is 30.4 Å². The van der Waals surface area contributed by atoms with Crippen LogP contribution in [0.1, 0.15) is 0 Å². The number of rotatable bonds is 3. The van der Waals surface area contributed by atoms with Gasteiger partial charge in [0.05, 0.1) is 17.5 Å². The van der Waals surface area contributed by atoms with Gasteiger partial charge in [0, 0.05) is 14.1 Å². The summed E-state index contributed by atoms with van der Waals surface area (Å²) >= 11 is 0.576. The van der Waals surface area contributed by atoms with Gasteiger partial charge in [0.25, 0.3) is 10.0 Å². The van der Waals surface area contributed by atoms with Gasteiger partial charge in [-0.1, -0.05) is 11.3 Å². The minimum atomic E-state index is -3.86. The lowest BCUT2D eigenvalue weighted by atomic mass is 10.1. The molecule has 0 amide bonds. The van der Waals surface area contributed by atoms with Crippen LogP contribution in [0.25, 0.3) is 16.2 Å². The molecule has 0 aliphatic heterocycles. The summed E-state index contributed by atoms with van der Waals surface area (Å²) in [5.74, 6) is -10.6. The molecule has 1 aromatic carbocycles. The lowest BCUT2D eigenvalue weighted by Crippen LogP contribution is -2.22. The Morgan fingerprint density at radius 2 is 1.52 bits per heavy atom. The number of sulfonamides is 1. The average Bonchev–Trinajstić information content (AvgIpc) is 3.10. The minimum Gasteiger partial charge on any atom is -0.217 e. The van der Waals surface area contributed by atoms with Crippen LogP contribution in [0.4, 0.5) is 22.0 Å². The molecule has 0 aliphatic rings. The molecular formula is C12H7F5N4O2S2. The van der Waals surface area contributed by atoms with Gasteiger partial charge in [0.15, 0.2) is 23.3 Å². The summed E-state index contributed by atoms with van der Waals surface area (Å²) in [4.78, 5) is 3.61. The first-order valence-corrected chi connectivity index (χ1v) is 8.62. The molecular weight excluding hydrogens is 391 g/mol. The van der Waals surface area contributed by atoms with Crippen molar-refractivity contribution in [2.75, 3.05) is 14.1 Å². The predicted octanol–water partition coefficient (Wildman–Crippen LogP) is 2.40. The number of hydrogen-bond donors (Lipinski definition) is 0. The van der Waals surface area contributed by atoms with Crippen molar-refractivity contribution in [1.29, 1.82) is 0 Å². The maximum absolute atomic E-state index is 13.8. The molecule has 2 heterocycles. The largest absolute Gasteiger partial charge is 0.271 e. The highest BCUT2D eigenvalue weighted by Crippen LogP contribution is 2.32. The van der Waals surface area contributed by atoms with Gasteiger partial charge in [-0.15, -0.1) is 5.10 Å². The predicted molar refractivity (Wildman–Crippen MR) is 77.0 cm³/mol. The number of aromatic nitrogens is 3. The van der Waals surface area contributed by atoms with Crippen molar-refractivity contribution in [1.82, 2.24) is 18.9 Å². The Labute approximate surface area is 141 Å². The standard InChI is InChI=1S/C12H7F5N4O2S2/c1-20(2)25(22,23)12-19-21-3-4(18-11(21)24-12)5-6(13)8(15)10(17)9(16)7(5)14/h3H,1-2H3. The van der Waals surface area contributed by atoms with Gasteiger partial charge in [-0.25, -0.2) is 44.2 Å². The zero-order valence-electron chi connectivity index (χ0n) is 12.4. The van der Waals surface area contributed by atoms with Gasteiger partial charge < -0.3 is 0 Å². The Morgan fingerprint density at radius 1 is 1.00 bits per heavy atom. The molecule has 0 saturated carbocycles. The second-order valence-corrected chi connectivity index (χ2v) is 8.24. The first-order chi connectivity index (χ1) is 11.6. The fourth-order valence-corrected chi connectivity index (χ4v) is 4.10. The zero-order chi connectivity index (χ0) is 18.7. The smallest absolute Gasteiger partial charge is 0.217 e. The SMILES string of the molecule is CN(C)S(=O)(=O)c1nn2cc(-c3c(F)c(F)c(F)c(F)c3F)nc2s1. The van der Waals surface area contributed by atoms with Crippen molar-refractivity contribution in [2.45, 2.75) is 4.34 Å². The molecule has 0 spiro atoms. The van der Waals surface area contributed by atoms with Gasteiger partial charge in [-0.05, 0) is 0 Å². The Hall–Kier alpha value is -2.12. The highest BCUT2D eigenvalue weighted by atomic mass is 32.2. The van der Waals surface area contributed by atoms with Crippen LogP contribution in [0.5, 0.6) is 0 Å². The third kappa shape index (κ3) is 2.58. The Balaban J connectivity index is 2.19. The molecule has 3 aromatic rings. The molecule has 0 saturated heterocycles. The van der Waals surface area contributed by atoms with Crippen molar-refractivity contribution in [3.63, 3.8) is 0 Å². The van der Waals surface area contributed by atoms with Gasteiger partial charge >= 0.3 is 0 Å². The van der Waals surface area contributed by atoms with E-state index in [1.54, 1.807) is 0 Å². The van der Waals surface area contributed by atoms with E-state index in [0.717, 1.165) is 15.0 Å². The quantitative estimate of drug-likeness (QED) is 0.386. The topological polar surface area (TPSA) is 67.6 Å². The summed E-state index contributed by atoms with van der Waals surface area (Å²) in [6.45, 7) is 0. The maximum atomic E-state index is 13.8. The van der Waals surface area contributed by atoms with E-state index >= 15 is 0 Å².